The topological polar surface area (TPSA) is 46.2 Å². The lowest BCUT2D eigenvalue weighted by Crippen LogP contribution is -2.39. The van der Waals surface area contributed by atoms with Crippen LogP contribution in [0.15, 0.2) is 0 Å². The number of hydrogen-bond acceptors (Lipinski definition) is 3. The van der Waals surface area contributed by atoms with Crippen molar-refractivity contribution in [3.63, 3.8) is 0 Å². The molecular formula is C8H17NO2S. The minimum Gasteiger partial charge on any atom is -0.315 e. The number of rotatable bonds is 3. The van der Waals surface area contributed by atoms with Gasteiger partial charge in [0.05, 0.1) is 11.0 Å². The van der Waals surface area contributed by atoms with Crippen LogP contribution in [0.1, 0.15) is 26.2 Å². The lowest BCUT2D eigenvalue weighted by atomic mass is 10.2. The number of sulfone groups is 1. The first-order chi connectivity index (χ1) is 5.67. The average molecular weight is 191 g/mol. The summed E-state index contributed by atoms with van der Waals surface area (Å²) >= 11 is 0. The van der Waals surface area contributed by atoms with E-state index in [9.17, 15) is 8.42 Å². The van der Waals surface area contributed by atoms with E-state index in [1.165, 1.54) is 0 Å². The van der Waals surface area contributed by atoms with Gasteiger partial charge >= 0.3 is 0 Å². The molecule has 1 unspecified atom stereocenters. The van der Waals surface area contributed by atoms with Gasteiger partial charge in [0.25, 0.3) is 0 Å². The predicted molar refractivity (Wildman–Crippen MR) is 50.0 cm³/mol. The molecule has 0 spiro atoms. The zero-order valence-corrected chi connectivity index (χ0v) is 8.36. The van der Waals surface area contributed by atoms with Gasteiger partial charge in [-0.3, -0.25) is 0 Å². The lowest BCUT2D eigenvalue weighted by molar-refractivity contribution is 0.496. The second-order valence-corrected chi connectivity index (χ2v) is 5.74. The Morgan fingerprint density at radius 1 is 1.50 bits per heavy atom. The minimum atomic E-state index is -2.80. The summed E-state index contributed by atoms with van der Waals surface area (Å²) in [6.45, 7) is 3.54. The molecule has 1 N–H and O–H groups in total. The van der Waals surface area contributed by atoms with Crippen molar-refractivity contribution in [2.45, 2.75) is 31.4 Å². The molecule has 0 bridgehead atoms. The molecule has 1 saturated heterocycles. The maximum absolute atomic E-state index is 11.5. The summed E-state index contributed by atoms with van der Waals surface area (Å²) in [4.78, 5) is 0. The molecule has 1 atom stereocenters. The smallest absolute Gasteiger partial charge is 0.154 e. The van der Waals surface area contributed by atoms with Gasteiger partial charge in [0.2, 0.25) is 0 Å². The highest BCUT2D eigenvalue weighted by Gasteiger charge is 2.25. The zero-order chi connectivity index (χ0) is 9.03. The van der Waals surface area contributed by atoms with E-state index in [-0.39, 0.29) is 5.25 Å². The summed E-state index contributed by atoms with van der Waals surface area (Å²) in [6, 6.07) is 0. The Hall–Kier alpha value is -0.0900. The van der Waals surface area contributed by atoms with Gasteiger partial charge in [0.1, 0.15) is 0 Å². The van der Waals surface area contributed by atoms with Gasteiger partial charge in [-0.2, -0.15) is 0 Å². The molecule has 0 amide bonds. The van der Waals surface area contributed by atoms with E-state index in [2.05, 4.69) is 5.32 Å². The van der Waals surface area contributed by atoms with Crippen molar-refractivity contribution in [1.29, 1.82) is 0 Å². The van der Waals surface area contributed by atoms with Gasteiger partial charge in [-0.15, -0.1) is 0 Å². The third-order valence-electron chi connectivity index (χ3n) is 2.25. The van der Waals surface area contributed by atoms with Gasteiger partial charge in [-0.05, 0) is 25.8 Å². The standard InChI is InChI=1S/C8H17NO2S/c1-2-6-12(10,11)8-4-3-5-9-7-8/h8-9H,2-7H2,1H3. The fourth-order valence-electron chi connectivity index (χ4n) is 1.58. The molecule has 1 heterocycles. The molecule has 1 aliphatic heterocycles. The van der Waals surface area contributed by atoms with Gasteiger partial charge in [-0.25, -0.2) is 8.42 Å². The Morgan fingerprint density at radius 3 is 2.75 bits per heavy atom. The first kappa shape index (κ1) is 9.99. The first-order valence-corrected chi connectivity index (χ1v) is 6.30. The summed E-state index contributed by atoms with van der Waals surface area (Å²) in [6.07, 6.45) is 2.57. The number of nitrogens with one attached hydrogen (secondary N) is 1. The van der Waals surface area contributed by atoms with E-state index in [0.29, 0.717) is 12.3 Å². The third kappa shape index (κ3) is 2.45. The van der Waals surface area contributed by atoms with Crippen LogP contribution in [0, 0.1) is 0 Å². The van der Waals surface area contributed by atoms with Gasteiger partial charge < -0.3 is 5.32 Å². The Labute approximate surface area is 74.5 Å². The molecule has 0 aromatic rings. The largest absolute Gasteiger partial charge is 0.315 e. The van der Waals surface area contributed by atoms with E-state index >= 15 is 0 Å². The van der Waals surface area contributed by atoms with Crippen molar-refractivity contribution >= 4 is 9.84 Å². The predicted octanol–water partition coefficient (Wildman–Crippen LogP) is 0.563. The molecule has 72 valence electrons. The van der Waals surface area contributed by atoms with E-state index in [1.54, 1.807) is 0 Å². The van der Waals surface area contributed by atoms with E-state index in [0.717, 1.165) is 25.8 Å². The normalized spacial score (nSPS) is 25.6. The quantitative estimate of drug-likeness (QED) is 0.709. The minimum absolute atomic E-state index is 0.119. The van der Waals surface area contributed by atoms with Crippen molar-refractivity contribution in [3.05, 3.63) is 0 Å². The van der Waals surface area contributed by atoms with Crippen LogP contribution in [0.3, 0.4) is 0 Å². The number of piperidine rings is 1. The summed E-state index contributed by atoms with van der Waals surface area (Å²) in [7, 11) is -2.80. The summed E-state index contributed by atoms with van der Waals surface area (Å²) in [5.74, 6) is 0.347. The van der Waals surface area contributed by atoms with Crippen LogP contribution in [0.25, 0.3) is 0 Å². The molecule has 3 nitrogen and oxygen atoms in total. The summed E-state index contributed by atoms with van der Waals surface area (Å²) in [5, 5.41) is 3.00. The van der Waals surface area contributed by atoms with E-state index in [4.69, 9.17) is 0 Å². The third-order valence-corrected chi connectivity index (χ3v) is 4.64. The SMILES string of the molecule is CCCS(=O)(=O)C1CCCNC1. The van der Waals surface area contributed by atoms with Crippen LogP contribution in [-0.2, 0) is 9.84 Å². The van der Waals surface area contributed by atoms with Crippen molar-refractivity contribution in [1.82, 2.24) is 5.32 Å². The molecule has 1 aliphatic rings. The van der Waals surface area contributed by atoms with E-state index in [1.807, 2.05) is 6.92 Å². The Kier molecular flexibility index (Phi) is 3.53. The van der Waals surface area contributed by atoms with Crippen LogP contribution in [-0.4, -0.2) is 32.5 Å². The molecule has 1 rings (SSSR count). The summed E-state index contributed by atoms with van der Waals surface area (Å²) < 4.78 is 23.1. The molecular weight excluding hydrogens is 174 g/mol. The second-order valence-electron chi connectivity index (χ2n) is 3.34. The fraction of sp³-hybridized carbons (Fsp3) is 1.00. The monoisotopic (exact) mass is 191 g/mol. The van der Waals surface area contributed by atoms with Crippen molar-refractivity contribution in [2.75, 3.05) is 18.8 Å². The zero-order valence-electron chi connectivity index (χ0n) is 7.54. The van der Waals surface area contributed by atoms with Crippen molar-refractivity contribution < 1.29 is 8.42 Å². The Balaban J connectivity index is 2.54. The van der Waals surface area contributed by atoms with Crippen LogP contribution < -0.4 is 5.32 Å². The fourth-order valence-corrected chi connectivity index (χ4v) is 3.38. The van der Waals surface area contributed by atoms with Crippen LogP contribution in [0.4, 0.5) is 0 Å². The Bertz CT molecular complexity index is 217. The van der Waals surface area contributed by atoms with Gasteiger partial charge in [0, 0.05) is 6.54 Å². The molecule has 4 heteroatoms. The summed E-state index contributed by atoms with van der Waals surface area (Å²) in [5.41, 5.74) is 0. The second kappa shape index (κ2) is 4.23. The first-order valence-electron chi connectivity index (χ1n) is 4.59. The molecule has 0 saturated carbocycles. The van der Waals surface area contributed by atoms with Crippen LogP contribution >= 0.6 is 0 Å². The highest BCUT2D eigenvalue weighted by molar-refractivity contribution is 7.92. The molecule has 0 aromatic heterocycles. The van der Waals surface area contributed by atoms with Crippen molar-refractivity contribution in [2.24, 2.45) is 0 Å². The van der Waals surface area contributed by atoms with E-state index < -0.39 is 9.84 Å². The molecule has 12 heavy (non-hydrogen) atoms. The molecule has 0 radical (unpaired) electrons. The van der Waals surface area contributed by atoms with Gasteiger partial charge in [0.15, 0.2) is 9.84 Å². The highest BCUT2D eigenvalue weighted by Crippen LogP contribution is 2.12. The maximum Gasteiger partial charge on any atom is 0.154 e. The molecule has 0 aromatic carbocycles. The molecule has 1 fully saturated rings. The average Bonchev–Trinajstić information content (AvgIpc) is 2.06. The van der Waals surface area contributed by atoms with Gasteiger partial charge in [-0.1, -0.05) is 6.92 Å². The van der Waals surface area contributed by atoms with Crippen LogP contribution in [0.2, 0.25) is 0 Å². The van der Waals surface area contributed by atoms with Crippen LogP contribution in [0.5, 0.6) is 0 Å². The Morgan fingerprint density at radius 2 is 2.25 bits per heavy atom. The number of hydrogen-bond donors (Lipinski definition) is 1. The lowest BCUT2D eigenvalue weighted by Gasteiger charge is -2.22. The maximum atomic E-state index is 11.5. The highest BCUT2D eigenvalue weighted by atomic mass is 32.2. The molecule has 0 aliphatic carbocycles. The van der Waals surface area contributed by atoms with Crippen molar-refractivity contribution in [3.8, 4) is 0 Å².